The number of benzene rings is 3. The summed E-state index contributed by atoms with van der Waals surface area (Å²) >= 11 is 1.56. The molecule has 1 N–H and O–H groups in total. The van der Waals surface area contributed by atoms with Gasteiger partial charge in [0.25, 0.3) is 0 Å². The van der Waals surface area contributed by atoms with E-state index in [1.807, 2.05) is 66.7 Å². The van der Waals surface area contributed by atoms with E-state index in [0.717, 1.165) is 38.8 Å². The zero-order valence-corrected chi connectivity index (χ0v) is 19.3. The Morgan fingerprint density at radius 1 is 0.879 bits per heavy atom. The maximum Gasteiger partial charge on any atom is 0.204 e. The summed E-state index contributed by atoms with van der Waals surface area (Å²) in [5.41, 5.74) is 4.83. The van der Waals surface area contributed by atoms with Gasteiger partial charge in [0.05, 0.1) is 43.9 Å². The van der Waals surface area contributed by atoms with Crippen molar-refractivity contribution < 1.29 is 18.9 Å². The van der Waals surface area contributed by atoms with Gasteiger partial charge in [-0.25, -0.2) is 4.98 Å². The molecule has 33 heavy (non-hydrogen) atoms. The van der Waals surface area contributed by atoms with Crippen molar-refractivity contribution in [1.82, 2.24) is 4.98 Å². The number of nitrogens with one attached hydrogen (secondary N) is 1. The molecule has 8 heteroatoms. The standard InChI is InChI=1S/C25H25N3O4S/c1-29-19-9-11-20(12-10-19)31-14-5-15-32-22-13-8-18(16-23(22)30-2)17-26-28-25-27-21-6-3-4-7-24(21)33-25/h3-4,6-13,16-17H,5,14-15H2,1-2H3,(H,27,28). The van der Waals surface area contributed by atoms with Crippen LogP contribution in [0.5, 0.6) is 23.0 Å². The molecule has 0 spiro atoms. The van der Waals surface area contributed by atoms with Crippen LogP contribution in [0, 0.1) is 0 Å². The van der Waals surface area contributed by atoms with E-state index in [9.17, 15) is 0 Å². The second-order valence-electron chi connectivity index (χ2n) is 6.99. The van der Waals surface area contributed by atoms with Crippen molar-refractivity contribution in [2.24, 2.45) is 5.10 Å². The van der Waals surface area contributed by atoms with Crippen LogP contribution in [0.1, 0.15) is 12.0 Å². The number of hydrazone groups is 1. The largest absolute Gasteiger partial charge is 0.497 e. The van der Waals surface area contributed by atoms with Crippen molar-refractivity contribution >= 4 is 32.9 Å². The van der Waals surface area contributed by atoms with E-state index in [4.69, 9.17) is 18.9 Å². The van der Waals surface area contributed by atoms with Crippen LogP contribution in [0.2, 0.25) is 0 Å². The van der Waals surface area contributed by atoms with Crippen molar-refractivity contribution in [3.8, 4) is 23.0 Å². The summed E-state index contributed by atoms with van der Waals surface area (Å²) in [5.74, 6) is 2.93. The average Bonchev–Trinajstić information content (AvgIpc) is 3.27. The molecule has 0 aliphatic carbocycles. The van der Waals surface area contributed by atoms with Gasteiger partial charge in [0.1, 0.15) is 11.5 Å². The third-order valence-electron chi connectivity index (χ3n) is 4.73. The molecule has 3 aromatic carbocycles. The number of para-hydroxylation sites is 1. The summed E-state index contributed by atoms with van der Waals surface area (Å²) in [6.07, 6.45) is 2.46. The lowest BCUT2D eigenvalue weighted by atomic mass is 10.2. The van der Waals surface area contributed by atoms with Gasteiger partial charge in [-0.15, -0.1) is 0 Å². The van der Waals surface area contributed by atoms with Crippen LogP contribution in [0.3, 0.4) is 0 Å². The molecule has 1 heterocycles. The number of nitrogens with zero attached hydrogens (tertiary/aromatic N) is 2. The SMILES string of the molecule is COc1ccc(OCCCOc2ccc(C=NNc3nc4ccccc4s3)cc2OC)cc1. The number of hydrogen-bond donors (Lipinski definition) is 1. The predicted molar refractivity (Wildman–Crippen MR) is 132 cm³/mol. The monoisotopic (exact) mass is 463 g/mol. The predicted octanol–water partition coefficient (Wildman–Crippen LogP) is 5.61. The third kappa shape index (κ3) is 6.14. The quantitative estimate of drug-likeness (QED) is 0.177. The number of methoxy groups -OCH3 is 2. The highest BCUT2D eigenvalue weighted by Gasteiger charge is 2.06. The summed E-state index contributed by atoms with van der Waals surface area (Å²) in [5, 5.41) is 5.04. The molecule has 0 aliphatic rings. The van der Waals surface area contributed by atoms with E-state index in [1.165, 1.54) is 0 Å². The Bertz CT molecular complexity index is 1170. The van der Waals surface area contributed by atoms with Crippen molar-refractivity contribution in [1.29, 1.82) is 0 Å². The van der Waals surface area contributed by atoms with Gasteiger partial charge in [-0.1, -0.05) is 23.5 Å². The van der Waals surface area contributed by atoms with Crippen LogP contribution >= 0.6 is 11.3 Å². The Labute approximate surface area is 196 Å². The number of fused-ring (bicyclic) bond motifs is 1. The van der Waals surface area contributed by atoms with Crippen LogP contribution in [-0.4, -0.2) is 38.6 Å². The molecule has 0 fully saturated rings. The van der Waals surface area contributed by atoms with Crippen LogP contribution < -0.4 is 24.4 Å². The van der Waals surface area contributed by atoms with Crippen LogP contribution in [0.15, 0.2) is 71.8 Å². The lowest BCUT2D eigenvalue weighted by Crippen LogP contribution is -2.06. The first-order chi connectivity index (χ1) is 16.2. The van der Waals surface area contributed by atoms with Crippen molar-refractivity contribution in [2.45, 2.75) is 6.42 Å². The molecule has 7 nitrogen and oxygen atoms in total. The molecule has 0 saturated heterocycles. The van der Waals surface area contributed by atoms with Gasteiger partial charge >= 0.3 is 0 Å². The van der Waals surface area contributed by atoms with Gasteiger partial charge in [0, 0.05) is 6.42 Å². The topological polar surface area (TPSA) is 74.2 Å². The third-order valence-corrected chi connectivity index (χ3v) is 5.67. The summed E-state index contributed by atoms with van der Waals surface area (Å²) in [7, 11) is 3.26. The maximum atomic E-state index is 5.87. The highest BCUT2D eigenvalue weighted by molar-refractivity contribution is 7.22. The first kappa shape index (κ1) is 22.4. The van der Waals surface area contributed by atoms with E-state index in [1.54, 1.807) is 31.8 Å². The summed E-state index contributed by atoms with van der Waals surface area (Å²) in [4.78, 5) is 4.50. The number of ether oxygens (including phenoxy) is 4. The first-order valence-corrected chi connectivity index (χ1v) is 11.3. The fourth-order valence-electron chi connectivity index (χ4n) is 3.07. The molecule has 0 radical (unpaired) electrons. The van der Waals surface area contributed by atoms with E-state index in [0.29, 0.717) is 24.7 Å². The maximum absolute atomic E-state index is 5.87. The minimum absolute atomic E-state index is 0.513. The van der Waals surface area contributed by atoms with Crippen LogP contribution in [0.25, 0.3) is 10.2 Å². The minimum atomic E-state index is 0.513. The summed E-state index contributed by atoms with van der Waals surface area (Å²) in [6, 6.07) is 21.2. The Hall–Kier alpha value is -3.78. The lowest BCUT2D eigenvalue weighted by molar-refractivity contribution is 0.240. The summed E-state index contributed by atoms with van der Waals surface area (Å²) < 4.78 is 23.3. The smallest absolute Gasteiger partial charge is 0.204 e. The highest BCUT2D eigenvalue weighted by atomic mass is 32.1. The molecule has 4 aromatic rings. The van der Waals surface area contributed by atoms with E-state index in [-0.39, 0.29) is 0 Å². The van der Waals surface area contributed by atoms with Gasteiger partial charge in [-0.2, -0.15) is 5.10 Å². The fourth-order valence-corrected chi connectivity index (χ4v) is 3.88. The van der Waals surface area contributed by atoms with Gasteiger partial charge < -0.3 is 18.9 Å². The van der Waals surface area contributed by atoms with Crippen molar-refractivity contribution in [2.75, 3.05) is 32.9 Å². The zero-order valence-electron chi connectivity index (χ0n) is 18.5. The molecule has 0 unspecified atom stereocenters. The number of anilines is 1. The first-order valence-electron chi connectivity index (χ1n) is 10.5. The Balaban J connectivity index is 1.25. The lowest BCUT2D eigenvalue weighted by Gasteiger charge is -2.12. The molecule has 1 aromatic heterocycles. The van der Waals surface area contributed by atoms with Gasteiger partial charge in [0.2, 0.25) is 5.13 Å². The number of hydrogen-bond acceptors (Lipinski definition) is 8. The normalized spacial score (nSPS) is 11.0. The molecule has 0 aliphatic heterocycles. The molecular formula is C25H25N3O4S. The zero-order chi connectivity index (χ0) is 22.9. The molecule has 0 bridgehead atoms. The Kier molecular flexibility index (Phi) is 7.60. The van der Waals surface area contributed by atoms with Crippen LogP contribution in [0.4, 0.5) is 5.13 Å². The van der Waals surface area contributed by atoms with Crippen molar-refractivity contribution in [3.63, 3.8) is 0 Å². The van der Waals surface area contributed by atoms with E-state index in [2.05, 4.69) is 15.5 Å². The molecule has 0 amide bonds. The molecule has 0 saturated carbocycles. The van der Waals surface area contributed by atoms with Crippen LogP contribution in [-0.2, 0) is 0 Å². The second kappa shape index (κ2) is 11.2. The fraction of sp³-hybridized carbons (Fsp3) is 0.200. The molecule has 4 rings (SSSR count). The number of rotatable bonds is 11. The summed E-state index contributed by atoms with van der Waals surface area (Å²) in [6.45, 7) is 1.07. The molecule has 170 valence electrons. The van der Waals surface area contributed by atoms with Gasteiger partial charge in [0.15, 0.2) is 11.5 Å². The number of aromatic nitrogens is 1. The van der Waals surface area contributed by atoms with Gasteiger partial charge in [-0.05, 0) is 60.2 Å². The highest BCUT2D eigenvalue weighted by Crippen LogP contribution is 2.28. The molecule has 0 atom stereocenters. The Morgan fingerprint density at radius 2 is 1.67 bits per heavy atom. The minimum Gasteiger partial charge on any atom is -0.497 e. The van der Waals surface area contributed by atoms with E-state index >= 15 is 0 Å². The average molecular weight is 464 g/mol. The van der Waals surface area contributed by atoms with Crippen molar-refractivity contribution in [3.05, 3.63) is 72.3 Å². The number of thiazole rings is 1. The molecular weight excluding hydrogens is 438 g/mol. The Morgan fingerprint density at radius 3 is 2.45 bits per heavy atom. The van der Waals surface area contributed by atoms with Gasteiger partial charge in [-0.3, -0.25) is 5.43 Å². The van der Waals surface area contributed by atoms with E-state index < -0.39 is 0 Å². The second-order valence-corrected chi connectivity index (χ2v) is 8.02.